The van der Waals surface area contributed by atoms with Crippen LogP contribution in [0.25, 0.3) is 10.1 Å². The van der Waals surface area contributed by atoms with Crippen molar-refractivity contribution >= 4 is 27.7 Å². The van der Waals surface area contributed by atoms with Crippen LogP contribution in [0.5, 0.6) is 5.75 Å². The molecule has 0 radical (unpaired) electrons. The molecule has 0 saturated heterocycles. The number of carbonyl (C=O) groups excluding carboxylic acids is 1. The van der Waals surface area contributed by atoms with Crippen LogP contribution < -0.4 is 4.74 Å². The predicted octanol–water partition coefficient (Wildman–Crippen LogP) is 5.31. The zero-order valence-corrected chi connectivity index (χ0v) is 12.6. The molecule has 0 amide bonds. The molecule has 3 rings (SSSR count). The van der Waals surface area contributed by atoms with E-state index in [-0.39, 0.29) is 6.61 Å². The summed E-state index contributed by atoms with van der Waals surface area (Å²) >= 11 is 1.38. The van der Waals surface area contributed by atoms with Crippen molar-refractivity contribution < 1.29 is 22.7 Å². The fourth-order valence-corrected chi connectivity index (χ4v) is 3.14. The number of hydrogen-bond donors (Lipinski definition) is 0. The SMILES string of the molecule is O=Cc1cccc(OCc2cc3cc(C(F)(F)F)ccc3s2)c1. The van der Waals surface area contributed by atoms with Gasteiger partial charge in [-0.3, -0.25) is 4.79 Å². The maximum absolute atomic E-state index is 12.7. The van der Waals surface area contributed by atoms with Crippen molar-refractivity contribution in [3.8, 4) is 5.75 Å². The van der Waals surface area contributed by atoms with Crippen molar-refractivity contribution in [1.29, 1.82) is 0 Å². The van der Waals surface area contributed by atoms with Crippen LogP contribution in [0.15, 0.2) is 48.5 Å². The van der Waals surface area contributed by atoms with E-state index in [1.807, 2.05) is 0 Å². The minimum Gasteiger partial charge on any atom is -0.488 e. The van der Waals surface area contributed by atoms with Crippen molar-refractivity contribution in [3.63, 3.8) is 0 Å². The van der Waals surface area contributed by atoms with Gasteiger partial charge in [0.05, 0.1) is 5.56 Å². The van der Waals surface area contributed by atoms with Crippen molar-refractivity contribution in [2.24, 2.45) is 0 Å². The number of aldehydes is 1. The fraction of sp³-hybridized carbons (Fsp3) is 0.118. The van der Waals surface area contributed by atoms with Gasteiger partial charge in [-0.25, -0.2) is 0 Å². The molecule has 1 heterocycles. The number of carbonyl (C=O) groups is 1. The molecule has 6 heteroatoms. The first-order chi connectivity index (χ1) is 11.0. The highest BCUT2D eigenvalue weighted by Gasteiger charge is 2.30. The zero-order chi connectivity index (χ0) is 16.4. The molecule has 0 aliphatic carbocycles. The monoisotopic (exact) mass is 336 g/mol. The summed E-state index contributed by atoms with van der Waals surface area (Å²) in [5, 5.41) is 0.546. The molecule has 2 nitrogen and oxygen atoms in total. The largest absolute Gasteiger partial charge is 0.488 e. The van der Waals surface area contributed by atoms with Gasteiger partial charge in [-0.1, -0.05) is 12.1 Å². The number of alkyl halides is 3. The van der Waals surface area contributed by atoms with Crippen LogP contribution in [0, 0.1) is 0 Å². The lowest BCUT2D eigenvalue weighted by Gasteiger charge is -2.05. The zero-order valence-electron chi connectivity index (χ0n) is 11.8. The molecule has 3 aromatic rings. The average Bonchev–Trinajstić information content (AvgIpc) is 2.94. The van der Waals surface area contributed by atoms with E-state index >= 15 is 0 Å². The number of benzene rings is 2. The van der Waals surface area contributed by atoms with E-state index in [9.17, 15) is 18.0 Å². The number of thiophene rings is 1. The summed E-state index contributed by atoms with van der Waals surface area (Å²) in [4.78, 5) is 11.5. The molecule has 23 heavy (non-hydrogen) atoms. The van der Waals surface area contributed by atoms with Crippen molar-refractivity contribution in [2.45, 2.75) is 12.8 Å². The molecule has 118 valence electrons. The lowest BCUT2D eigenvalue weighted by atomic mass is 10.1. The van der Waals surface area contributed by atoms with E-state index in [2.05, 4.69) is 0 Å². The number of fused-ring (bicyclic) bond motifs is 1. The van der Waals surface area contributed by atoms with Crippen LogP contribution in [0.2, 0.25) is 0 Å². The molecule has 0 fully saturated rings. The Bertz CT molecular complexity index is 852. The minimum atomic E-state index is -4.35. The summed E-state index contributed by atoms with van der Waals surface area (Å²) < 4.78 is 44.5. The fourth-order valence-electron chi connectivity index (χ4n) is 2.18. The maximum atomic E-state index is 12.7. The Morgan fingerprint density at radius 2 is 1.91 bits per heavy atom. The van der Waals surface area contributed by atoms with Crippen LogP contribution in [0.3, 0.4) is 0 Å². The number of halogens is 3. The molecule has 0 atom stereocenters. The second kappa shape index (κ2) is 6.04. The third kappa shape index (κ3) is 3.53. The van der Waals surface area contributed by atoms with E-state index < -0.39 is 11.7 Å². The third-order valence-electron chi connectivity index (χ3n) is 3.27. The first-order valence-corrected chi connectivity index (χ1v) is 7.55. The van der Waals surface area contributed by atoms with Gasteiger partial charge in [-0.05, 0) is 41.8 Å². The van der Waals surface area contributed by atoms with Crippen molar-refractivity contribution in [3.05, 3.63) is 64.5 Å². The molecule has 0 bridgehead atoms. The summed E-state index contributed by atoms with van der Waals surface area (Å²) in [5.74, 6) is 0.544. The van der Waals surface area contributed by atoms with Crippen LogP contribution in [0.4, 0.5) is 13.2 Å². The van der Waals surface area contributed by atoms with E-state index in [0.717, 1.165) is 28.0 Å². The quantitative estimate of drug-likeness (QED) is 0.603. The predicted molar refractivity (Wildman–Crippen MR) is 83.0 cm³/mol. The normalized spacial score (nSPS) is 11.6. The Morgan fingerprint density at radius 3 is 2.65 bits per heavy atom. The molecule has 0 unspecified atom stereocenters. The summed E-state index contributed by atoms with van der Waals surface area (Å²) in [5.41, 5.74) is -0.150. The van der Waals surface area contributed by atoms with Crippen LogP contribution in [0.1, 0.15) is 20.8 Å². The average molecular weight is 336 g/mol. The molecule has 1 aromatic heterocycles. The Hall–Kier alpha value is -2.34. The molecule has 0 aliphatic rings. The van der Waals surface area contributed by atoms with Gasteiger partial charge in [0.15, 0.2) is 0 Å². The lowest BCUT2D eigenvalue weighted by molar-refractivity contribution is -0.137. The van der Waals surface area contributed by atoms with E-state index in [1.54, 1.807) is 30.3 Å². The number of rotatable bonds is 4. The first kappa shape index (κ1) is 15.6. The molecule has 0 aliphatic heterocycles. The van der Waals surface area contributed by atoms with Gasteiger partial charge in [0.1, 0.15) is 18.6 Å². The highest BCUT2D eigenvalue weighted by molar-refractivity contribution is 7.19. The smallest absolute Gasteiger partial charge is 0.416 e. The molecule has 0 N–H and O–H groups in total. The van der Waals surface area contributed by atoms with Gasteiger partial charge in [0.25, 0.3) is 0 Å². The number of hydrogen-bond acceptors (Lipinski definition) is 3. The summed E-state index contributed by atoms with van der Waals surface area (Å²) in [7, 11) is 0. The highest BCUT2D eigenvalue weighted by atomic mass is 32.1. The van der Waals surface area contributed by atoms with E-state index in [0.29, 0.717) is 16.7 Å². The molecule has 0 saturated carbocycles. The van der Waals surface area contributed by atoms with Gasteiger partial charge in [-0.2, -0.15) is 13.2 Å². The standard InChI is InChI=1S/C17H11F3O2S/c18-17(19,20)13-4-5-16-12(7-13)8-15(23-16)10-22-14-3-1-2-11(6-14)9-21/h1-9H,10H2. The molecular weight excluding hydrogens is 325 g/mol. The van der Waals surface area contributed by atoms with E-state index in [4.69, 9.17) is 4.74 Å². The second-order valence-corrected chi connectivity index (χ2v) is 6.11. The van der Waals surface area contributed by atoms with Gasteiger partial charge in [0, 0.05) is 15.1 Å². The van der Waals surface area contributed by atoms with Crippen molar-refractivity contribution in [2.75, 3.05) is 0 Å². The third-order valence-corrected chi connectivity index (χ3v) is 4.36. The second-order valence-electron chi connectivity index (χ2n) is 4.94. The van der Waals surface area contributed by atoms with Gasteiger partial charge < -0.3 is 4.74 Å². The summed E-state index contributed by atoms with van der Waals surface area (Å²) in [6.45, 7) is 0.239. The highest BCUT2D eigenvalue weighted by Crippen LogP contribution is 2.34. The summed E-state index contributed by atoms with van der Waals surface area (Å²) in [6.07, 6.45) is -3.62. The molecule has 2 aromatic carbocycles. The Labute approximate surface area is 134 Å². The molecule has 0 spiro atoms. The number of ether oxygens (including phenoxy) is 1. The van der Waals surface area contributed by atoms with Gasteiger partial charge in [0.2, 0.25) is 0 Å². The van der Waals surface area contributed by atoms with Gasteiger partial charge in [-0.15, -0.1) is 11.3 Å². The Kier molecular flexibility index (Phi) is 4.09. The first-order valence-electron chi connectivity index (χ1n) is 6.73. The van der Waals surface area contributed by atoms with Crippen LogP contribution in [-0.4, -0.2) is 6.29 Å². The van der Waals surface area contributed by atoms with E-state index in [1.165, 1.54) is 17.4 Å². The summed E-state index contributed by atoms with van der Waals surface area (Å²) in [6, 6.07) is 12.1. The molecular formula is C17H11F3O2S. The van der Waals surface area contributed by atoms with Crippen LogP contribution in [-0.2, 0) is 12.8 Å². The van der Waals surface area contributed by atoms with Gasteiger partial charge >= 0.3 is 6.18 Å². The lowest BCUT2D eigenvalue weighted by Crippen LogP contribution is -2.03. The van der Waals surface area contributed by atoms with Crippen molar-refractivity contribution in [1.82, 2.24) is 0 Å². The Morgan fingerprint density at radius 1 is 1.09 bits per heavy atom. The van der Waals surface area contributed by atoms with Crippen LogP contribution >= 0.6 is 11.3 Å². The Balaban J connectivity index is 1.79. The minimum absolute atomic E-state index is 0.239. The topological polar surface area (TPSA) is 26.3 Å². The maximum Gasteiger partial charge on any atom is 0.416 e.